The molecule has 0 N–H and O–H groups in total. The number of nitrogens with zero attached hydrogens (tertiary/aromatic N) is 1. The Labute approximate surface area is 391 Å². The first-order valence-corrected chi connectivity index (χ1v) is 23.6. The van der Waals surface area contributed by atoms with Crippen LogP contribution in [0.3, 0.4) is 0 Å². The Balaban J connectivity index is 1.12. The summed E-state index contributed by atoms with van der Waals surface area (Å²) in [6, 6.07) is 75.3. The fraction of sp³-hybridized carbons (Fsp3) is 0.169. The Kier molecular flexibility index (Phi) is 9.71. The monoisotopic (exact) mass is 851 g/mol. The number of fused-ring (bicyclic) bond motifs is 7. The summed E-state index contributed by atoms with van der Waals surface area (Å²) in [6.45, 7) is 18.7. The fourth-order valence-electron chi connectivity index (χ4n) is 10.7. The van der Waals surface area contributed by atoms with Gasteiger partial charge in [0.15, 0.2) is 0 Å². The molecule has 0 saturated heterocycles. The van der Waals surface area contributed by atoms with E-state index in [-0.39, 0.29) is 16.2 Å². The molecule has 11 rings (SSSR count). The predicted molar refractivity (Wildman–Crippen MR) is 285 cm³/mol. The van der Waals surface area contributed by atoms with E-state index in [4.69, 9.17) is 0 Å². The van der Waals surface area contributed by atoms with E-state index in [1.165, 1.54) is 99.1 Å². The van der Waals surface area contributed by atoms with E-state index in [0.29, 0.717) is 0 Å². The Hall–Kier alpha value is -7.22. The molecule has 0 spiro atoms. The van der Waals surface area contributed by atoms with Crippen LogP contribution in [0.5, 0.6) is 0 Å². The molecule has 10 aromatic carbocycles. The van der Waals surface area contributed by atoms with Crippen LogP contribution in [0.15, 0.2) is 200 Å². The summed E-state index contributed by atoms with van der Waals surface area (Å²) < 4.78 is 0. The molecule has 0 fully saturated rings. The van der Waals surface area contributed by atoms with Gasteiger partial charge in [0.05, 0.1) is 5.69 Å². The van der Waals surface area contributed by atoms with Gasteiger partial charge in [0.25, 0.3) is 0 Å². The zero-order valence-corrected chi connectivity index (χ0v) is 39.5. The van der Waals surface area contributed by atoms with Crippen molar-refractivity contribution in [3.05, 3.63) is 222 Å². The van der Waals surface area contributed by atoms with E-state index < -0.39 is 0 Å². The van der Waals surface area contributed by atoms with Gasteiger partial charge in [0.2, 0.25) is 0 Å². The van der Waals surface area contributed by atoms with Gasteiger partial charge in [-0.3, -0.25) is 0 Å². The quantitative estimate of drug-likeness (QED) is 0.151. The summed E-state index contributed by atoms with van der Waals surface area (Å²) in [6.07, 6.45) is 0. The number of anilines is 3. The van der Waals surface area contributed by atoms with Gasteiger partial charge in [0.1, 0.15) is 0 Å². The van der Waals surface area contributed by atoms with E-state index in [0.717, 1.165) is 17.1 Å². The lowest BCUT2D eigenvalue weighted by atomic mass is 9.78. The summed E-state index contributed by atoms with van der Waals surface area (Å²) in [5.41, 5.74) is 18.7. The highest BCUT2D eigenvalue weighted by molar-refractivity contribution is 6.12. The van der Waals surface area contributed by atoms with Crippen molar-refractivity contribution in [1.29, 1.82) is 0 Å². The average Bonchev–Trinajstić information content (AvgIpc) is 3.55. The molecular formula is C65H57N. The van der Waals surface area contributed by atoms with Gasteiger partial charge in [-0.2, -0.15) is 0 Å². The molecule has 1 aliphatic carbocycles. The van der Waals surface area contributed by atoms with Crippen molar-refractivity contribution in [1.82, 2.24) is 0 Å². The van der Waals surface area contributed by atoms with Gasteiger partial charge in [-0.25, -0.2) is 0 Å². The Bertz CT molecular complexity index is 3480. The van der Waals surface area contributed by atoms with Crippen LogP contribution in [0, 0.1) is 0 Å². The molecule has 0 heterocycles. The van der Waals surface area contributed by atoms with Crippen molar-refractivity contribution in [2.24, 2.45) is 0 Å². The van der Waals surface area contributed by atoms with Gasteiger partial charge in [-0.05, 0) is 135 Å². The molecule has 0 atom stereocenters. The lowest BCUT2D eigenvalue weighted by molar-refractivity contribution is 0.569. The third-order valence-electron chi connectivity index (χ3n) is 14.4. The molecule has 1 aliphatic rings. The lowest BCUT2D eigenvalue weighted by Gasteiger charge is -2.30. The molecule has 0 aliphatic heterocycles. The van der Waals surface area contributed by atoms with Gasteiger partial charge in [0, 0.05) is 22.4 Å². The minimum Gasteiger partial charge on any atom is -0.310 e. The number of rotatable bonds is 6. The predicted octanol–water partition coefficient (Wildman–Crippen LogP) is 18.5. The fourth-order valence-corrected chi connectivity index (χ4v) is 10.7. The lowest BCUT2D eigenvalue weighted by Crippen LogP contribution is -2.17. The summed E-state index contributed by atoms with van der Waals surface area (Å²) in [5.74, 6) is 0. The van der Waals surface area contributed by atoms with Crippen molar-refractivity contribution in [2.75, 3.05) is 4.90 Å². The smallest absolute Gasteiger partial charge is 0.0540 e. The number of hydrogen-bond acceptors (Lipinski definition) is 1. The normalized spacial score (nSPS) is 13.3. The molecule has 1 nitrogen and oxygen atoms in total. The minimum atomic E-state index is -0.145. The number of para-hydroxylation sites is 1. The van der Waals surface area contributed by atoms with Crippen molar-refractivity contribution in [3.63, 3.8) is 0 Å². The van der Waals surface area contributed by atoms with Gasteiger partial charge in [-0.1, -0.05) is 225 Å². The molecule has 0 saturated carbocycles. The van der Waals surface area contributed by atoms with E-state index in [2.05, 4.69) is 260 Å². The van der Waals surface area contributed by atoms with Crippen LogP contribution in [0.4, 0.5) is 17.1 Å². The van der Waals surface area contributed by atoms with Crippen LogP contribution in [0.2, 0.25) is 0 Å². The van der Waals surface area contributed by atoms with E-state index >= 15 is 0 Å². The zero-order valence-electron chi connectivity index (χ0n) is 39.5. The number of benzene rings is 10. The molecule has 0 aromatic heterocycles. The Morgan fingerprint density at radius 2 is 0.909 bits per heavy atom. The van der Waals surface area contributed by atoms with Crippen LogP contribution in [0.1, 0.15) is 77.6 Å². The summed E-state index contributed by atoms with van der Waals surface area (Å²) in [5, 5.41) is 7.59. The van der Waals surface area contributed by atoms with Gasteiger partial charge >= 0.3 is 0 Å². The average molecular weight is 852 g/mol. The second kappa shape index (κ2) is 15.5. The van der Waals surface area contributed by atoms with Crippen LogP contribution >= 0.6 is 0 Å². The Morgan fingerprint density at radius 3 is 1.65 bits per heavy atom. The molecule has 10 aromatic rings. The molecule has 0 unspecified atom stereocenters. The number of hydrogen-bond donors (Lipinski definition) is 0. The van der Waals surface area contributed by atoms with Crippen LogP contribution < -0.4 is 4.90 Å². The largest absolute Gasteiger partial charge is 0.310 e. The Morgan fingerprint density at radius 1 is 0.348 bits per heavy atom. The first kappa shape index (κ1) is 41.5. The topological polar surface area (TPSA) is 3.24 Å². The molecule has 0 bridgehead atoms. The highest BCUT2D eigenvalue weighted by atomic mass is 15.1. The van der Waals surface area contributed by atoms with Crippen molar-refractivity contribution >= 4 is 49.4 Å². The third-order valence-corrected chi connectivity index (χ3v) is 14.4. The summed E-state index contributed by atoms with van der Waals surface area (Å²) in [7, 11) is 0. The van der Waals surface area contributed by atoms with Gasteiger partial charge < -0.3 is 4.90 Å². The maximum atomic E-state index is 2.49. The summed E-state index contributed by atoms with van der Waals surface area (Å²) >= 11 is 0. The van der Waals surface area contributed by atoms with E-state index in [1.54, 1.807) is 0 Å². The standard InChI is InChI=1S/C65H57N/c1-63(2,3)46-38-45(39-47(40-46)64(4,5)6)52-25-15-19-44-20-16-27-58(62(44)52)57-23-12-14-29-61(57)66(49-35-37-56-55-22-11-13-28-59(55)65(7,8)60(56)41-49)48-33-30-43(31-34-48)51-24-17-26-53-50-21-10-9-18-42(50)32-36-54(51)53/h9-41H,1-8H3. The summed E-state index contributed by atoms with van der Waals surface area (Å²) in [4.78, 5) is 2.49. The second-order valence-electron chi connectivity index (χ2n) is 21.0. The highest BCUT2D eigenvalue weighted by Gasteiger charge is 2.36. The maximum Gasteiger partial charge on any atom is 0.0540 e. The molecule has 322 valence electrons. The van der Waals surface area contributed by atoms with E-state index in [9.17, 15) is 0 Å². The van der Waals surface area contributed by atoms with Crippen LogP contribution in [-0.4, -0.2) is 0 Å². The van der Waals surface area contributed by atoms with Crippen LogP contribution in [0.25, 0.3) is 76.8 Å². The molecule has 1 heteroatoms. The van der Waals surface area contributed by atoms with E-state index in [1.807, 2.05) is 0 Å². The molecule has 0 radical (unpaired) electrons. The third kappa shape index (κ3) is 6.92. The molecule has 66 heavy (non-hydrogen) atoms. The second-order valence-corrected chi connectivity index (χ2v) is 21.0. The molecular weight excluding hydrogens is 795 g/mol. The highest BCUT2D eigenvalue weighted by Crippen LogP contribution is 2.52. The van der Waals surface area contributed by atoms with Gasteiger partial charge in [-0.15, -0.1) is 0 Å². The molecule has 0 amide bonds. The van der Waals surface area contributed by atoms with Crippen LogP contribution in [-0.2, 0) is 16.2 Å². The SMILES string of the molecule is CC(C)(C)c1cc(-c2cccc3cccc(-c4ccccc4N(c4ccc(-c5cccc6c5ccc5ccccc56)cc4)c4ccc5c(c4)C(C)(C)c4ccccc4-5)c23)cc(C(C)(C)C)c1. The maximum absolute atomic E-state index is 2.49. The zero-order chi connectivity index (χ0) is 45.5. The van der Waals surface area contributed by atoms with Crippen molar-refractivity contribution < 1.29 is 0 Å². The van der Waals surface area contributed by atoms with Crippen molar-refractivity contribution in [2.45, 2.75) is 71.6 Å². The first-order chi connectivity index (χ1) is 31.8. The van der Waals surface area contributed by atoms with Crippen molar-refractivity contribution in [3.8, 4) is 44.5 Å². The minimum absolute atomic E-state index is 0.000142. The first-order valence-electron chi connectivity index (χ1n) is 23.6.